The summed E-state index contributed by atoms with van der Waals surface area (Å²) in [6.07, 6.45) is 0.0764. The van der Waals surface area contributed by atoms with Crippen molar-refractivity contribution >= 4 is 11.6 Å². The normalized spacial score (nSPS) is 26.4. The molecule has 1 saturated heterocycles. The van der Waals surface area contributed by atoms with Crippen molar-refractivity contribution in [2.75, 3.05) is 20.1 Å². The highest BCUT2D eigenvalue weighted by atomic mass is 16.6. The highest BCUT2D eigenvalue weighted by Gasteiger charge is 2.27. The molecule has 0 saturated carbocycles. The Bertz CT molecular complexity index is 541. The van der Waals surface area contributed by atoms with Crippen molar-refractivity contribution in [1.82, 2.24) is 10.2 Å². The minimum Gasteiger partial charge on any atom is -0.382 e. The van der Waals surface area contributed by atoms with Gasteiger partial charge in [0, 0.05) is 19.5 Å². The van der Waals surface area contributed by atoms with Crippen LogP contribution in [0.3, 0.4) is 0 Å². The molecule has 106 valence electrons. The first kappa shape index (κ1) is 13.1. The minimum atomic E-state index is -0.632. The maximum absolute atomic E-state index is 11.1. The Kier molecular flexibility index (Phi) is 3.42. The molecular formula is C14H18N4O2. The summed E-state index contributed by atoms with van der Waals surface area (Å²) in [5.74, 6) is -0.475. The van der Waals surface area contributed by atoms with E-state index in [1.54, 1.807) is 0 Å². The predicted octanol–water partition coefficient (Wildman–Crippen LogP) is 0.198. The van der Waals surface area contributed by atoms with Crippen LogP contribution in [0.1, 0.15) is 23.7 Å². The number of rotatable bonds is 3. The van der Waals surface area contributed by atoms with Crippen LogP contribution in [0.4, 0.5) is 0 Å². The number of nitrogens with two attached hydrogens (primary N) is 1. The first-order valence-electron chi connectivity index (χ1n) is 6.71. The second kappa shape index (κ2) is 5.22. The molecule has 0 bridgehead atoms. The number of primary amides is 1. The summed E-state index contributed by atoms with van der Waals surface area (Å²) >= 11 is 0. The van der Waals surface area contributed by atoms with Gasteiger partial charge in [-0.25, -0.2) is 0 Å². The van der Waals surface area contributed by atoms with Crippen molar-refractivity contribution in [1.29, 1.82) is 0 Å². The number of nitrogens with zero attached hydrogens (tertiary/aromatic N) is 2. The van der Waals surface area contributed by atoms with Gasteiger partial charge in [0.25, 0.3) is 5.91 Å². The van der Waals surface area contributed by atoms with Gasteiger partial charge in [0.2, 0.25) is 6.10 Å². The molecule has 0 aliphatic carbocycles. The fourth-order valence-electron chi connectivity index (χ4n) is 2.59. The van der Waals surface area contributed by atoms with Gasteiger partial charge in [0.15, 0.2) is 0 Å². The number of likely N-dealkylation sites (N-methyl/N-ethyl adjacent to an activating group) is 1. The van der Waals surface area contributed by atoms with E-state index in [0.29, 0.717) is 6.42 Å². The molecule has 1 aromatic rings. The molecule has 1 aromatic carbocycles. The number of nitrogens with one attached hydrogen (secondary N) is 1. The highest BCUT2D eigenvalue weighted by molar-refractivity contribution is 6.03. The monoisotopic (exact) mass is 274 g/mol. The third-order valence-electron chi connectivity index (χ3n) is 3.79. The second-order valence-corrected chi connectivity index (χ2v) is 5.20. The average Bonchev–Trinajstić information content (AvgIpc) is 3.07. The predicted molar refractivity (Wildman–Crippen MR) is 75.0 cm³/mol. The lowest BCUT2D eigenvalue weighted by atomic mass is 10.0. The third-order valence-corrected chi connectivity index (χ3v) is 3.79. The fraction of sp³-hybridized carbons (Fsp3) is 0.429. The molecule has 2 atom stereocenters. The van der Waals surface area contributed by atoms with Crippen LogP contribution >= 0.6 is 0 Å². The van der Waals surface area contributed by atoms with Crippen molar-refractivity contribution in [2.24, 2.45) is 10.9 Å². The molecule has 20 heavy (non-hydrogen) atoms. The van der Waals surface area contributed by atoms with E-state index in [1.165, 1.54) is 5.56 Å². The van der Waals surface area contributed by atoms with Crippen LogP contribution in [0.15, 0.2) is 29.4 Å². The molecule has 2 aliphatic heterocycles. The van der Waals surface area contributed by atoms with E-state index in [1.807, 2.05) is 12.1 Å². The molecule has 0 aromatic heterocycles. The Morgan fingerprint density at radius 1 is 1.45 bits per heavy atom. The lowest BCUT2D eigenvalue weighted by Gasteiger charge is -2.19. The van der Waals surface area contributed by atoms with Gasteiger partial charge in [0.05, 0.1) is 11.9 Å². The molecule has 0 radical (unpaired) electrons. The van der Waals surface area contributed by atoms with Gasteiger partial charge in [-0.3, -0.25) is 15.0 Å². The Hall–Kier alpha value is -1.92. The Balaban J connectivity index is 1.72. The summed E-state index contributed by atoms with van der Waals surface area (Å²) in [6, 6.07) is 8.17. The van der Waals surface area contributed by atoms with Gasteiger partial charge in [-0.1, -0.05) is 29.4 Å². The number of amides is 1. The van der Waals surface area contributed by atoms with Crippen LogP contribution in [0.5, 0.6) is 0 Å². The third kappa shape index (κ3) is 2.39. The summed E-state index contributed by atoms with van der Waals surface area (Å²) in [7, 11) is 2.10. The van der Waals surface area contributed by atoms with Gasteiger partial charge in [-0.2, -0.15) is 0 Å². The van der Waals surface area contributed by atoms with Crippen LogP contribution < -0.4 is 11.1 Å². The van der Waals surface area contributed by atoms with E-state index < -0.39 is 12.0 Å². The summed E-state index contributed by atoms with van der Waals surface area (Å²) in [5.41, 5.74) is 8.17. The molecule has 1 fully saturated rings. The van der Waals surface area contributed by atoms with Crippen LogP contribution in [-0.2, 0) is 9.63 Å². The summed E-state index contributed by atoms with van der Waals surface area (Å²) < 4.78 is 0. The zero-order valence-electron chi connectivity index (χ0n) is 11.4. The Labute approximate surface area is 117 Å². The number of carbonyl (C=O) groups excluding carboxylic acids is 1. The van der Waals surface area contributed by atoms with E-state index in [0.717, 1.165) is 24.4 Å². The summed E-state index contributed by atoms with van der Waals surface area (Å²) in [6.45, 7) is 2.05. The lowest BCUT2D eigenvalue weighted by Crippen LogP contribution is -2.28. The first-order valence-corrected chi connectivity index (χ1v) is 6.71. The highest BCUT2D eigenvalue weighted by Crippen LogP contribution is 2.22. The molecule has 1 amide bonds. The van der Waals surface area contributed by atoms with Gasteiger partial charge in [-0.05, 0) is 18.2 Å². The maximum Gasteiger partial charge on any atom is 0.261 e. The zero-order chi connectivity index (χ0) is 14.1. The van der Waals surface area contributed by atoms with Gasteiger partial charge >= 0.3 is 0 Å². The molecule has 6 heteroatoms. The van der Waals surface area contributed by atoms with Crippen LogP contribution in [0, 0.1) is 0 Å². The lowest BCUT2D eigenvalue weighted by molar-refractivity contribution is -0.127. The van der Waals surface area contributed by atoms with E-state index in [2.05, 4.69) is 34.6 Å². The van der Waals surface area contributed by atoms with E-state index in [4.69, 9.17) is 10.6 Å². The molecule has 3 N–H and O–H groups in total. The SMILES string of the molecule is CN1CCNC1c1ccc(C2=NOC(C(N)=O)C2)cc1. The van der Waals surface area contributed by atoms with Crippen molar-refractivity contribution in [2.45, 2.75) is 18.7 Å². The Morgan fingerprint density at radius 2 is 2.20 bits per heavy atom. The quantitative estimate of drug-likeness (QED) is 0.825. The largest absolute Gasteiger partial charge is 0.382 e. The smallest absolute Gasteiger partial charge is 0.261 e. The average molecular weight is 274 g/mol. The van der Waals surface area contributed by atoms with Crippen molar-refractivity contribution in [3.8, 4) is 0 Å². The summed E-state index contributed by atoms with van der Waals surface area (Å²) in [5, 5.41) is 7.38. The van der Waals surface area contributed by atoms with Crippen LogP contribution in [0.2, 0.25) is 0 Å². The van der Waals surface area contributed by atoms with E-state index in [9.17, 15) is 4.79 Å². The van der Waals surface area contributed by atoms with Gasteiger partial charge < -0.3 is 10.6 Å². The van der Waals surface area contributed by atoms with E-state index in [-0.39, 0.29) is 6.17 Å². The molecule has 2 aliphatic rings. The first-order chi connectivity index (χ1) is 9.65. The van der Waals surface area contributed by atoms with Gasteiger partial charge in [0.1, 0.15) is 0 Å². The zero-order valence-corrected chi connectivity index (χ0v) is 11.4. The number of carbonyl (C=O) groups is 1. The molecule has 2 heterocycles. The van der Waals surface area contributed by atoms with Gasteiger partial charge in [-0.15, -0.1) is 0 Å². The maximum atomic E-state index is 11.1. The van der Waals surface area contributed by atoms with Crippen molar-refractivity contribution in [3.63, 3.8) is 0 Å². The molecular weight excluding hydrogens is 256 g/mol. The molecule has 3 rings (SSSR count). The summed E-state index contributed by atoms with van der Waals surface area (Å²) in [4.78, 5) is 18.3. The number of oxime groups is 1. The van der Waals surface area contributed by atoms with Crippen LogP contribution in [-0.4, -0.2) is 42.8 Å². The number of hydrogen-bond donors (Lipinski definition) is 2. The van der Waals surface area contributed by atoms with E-state index >= 15 is 0 Å². The standard InChI is InChI=1S/C14H18N4O2/c1-18-7-6-16-14(18)10-4-2-9(3-5-10)11-8-12(13(15)19)20-17-11/h2-5,12,14,16H,6-8H2,1H3,(H2,15,19). The Morgan fingerprint density at radius 3 is 2.75 bits per heavy atom. The number of benzene rings is 1. The number of hydrogen-bond acceptors (Lipinski definition) is 5. The molecule has 2 unspecified atom stereocenters. The fourth-order valence-corrected chi connectivity index (χ4v) is 2.59. The molecule has 6 nitrogen and oxygen atoms in total. The topological polar surface area (TPSA) is 79.9 Å². The molecule has 0 spiro atoms. The van der Waals surface area contributed by atoms with Crippen LogP contribution in [0.25, 0.3) is 0 Å². The minimum absolute atomic E-state index is 0.268. The second-order valence-electron chi connectivity index (χ2n) is 5.20. The van der Waals surface area contributed by atoms with Crippen molar-refractivity contribution in [3.05, 3.63) is 35.4 Å². The van der Waals surface area contributed by atoms with Crippen molar-refractivity contribution < 1.29 is 9.63 Å².